The number of aliphatic carboxylic acids is 1. The Balaban J connectivity index is 2.35. The van der Waals surface area contributed by atoms with Gasteiger partial charge in [0.1, 0.15) is 11.5 Å². The largest absolute Gasteiger partial charge is 0.477 e. The second-order valence-electron chi connectivity index (χ2n) is 3.45. The Morgan fingerprint density at radius 1 is 1.64 bits per heavy atom. The minimum atomic E-state index is -0.969. The van der Waals surface area contributed by atoms with E-state index in [1.165, 1.54) is 6.08 Å². The lowest BCUT2D eigenvalue weighted by Gasteiger charge is -2.25. The van der Waals surface area contributed by atoms with Crippen LogP contribution in [-0.4, -0.2) is 29.1 Å². The average Bonchev–Trinajstić information content (AvgIpc) is 2.44. The predicted octanol–water partition coefficient (Wildman–Crippen LogP) is 1.45. The van der Waals surface area contributed by atoms with Crippen LogP contribution in [0.1, 0.15) is 6.42 Å². The van der Waals surface area contributed by atoms with Crippen LogP contribution in [0.4, 0.5) is 4.39 Å². The summed E-state index contributed by atoms with van der Waals surface area (Å²) in [5.41, 5.74) is 1.09. The van der Waals surface area contributed by atoms with Crippen molar-refractivity contribution in [1.29, 1.82) is 0 Å². The van der Waals surface area contributed by atoms with Crippen molar-refractivity contribution in [2.45, 2.75) is 12.5 Å². The molecule has 2 aliphatic rings. The number of rotatable bonds is 1. The molecule has 0 aromatic rings. The van der Waals surface area contributed by atoms with Crippen LogP contribution in [0.5, 0.6) is 0 Å². The zero-order valence-electron chi connectivity index (χ0n) is 7.70. The lowest BCUT2D eigenvalue weighted by atomic mass is 10.0. The Bertz CT molecular complexity index is 382. The van der Waals surface area contributed by atoms with E-state index in [0.717, 1.165) is 5.57 Å². The molecule has 1 heterocycles. The Labute approximate surface area is 80.8 Å². The normalized spacial score (nSPS) is 25.1. The number of fused-ring (bicyclic) bond motifs is 1. The summed E-state index contributed by atoms with van der Waals surface area (Å²) in [5, 5.41) is 8.85. The van der Waals surface area contributed by atoms with E-state index >= 15 is 0 Å². The smallest absolute Gasteiger partial charge is 0.352 e. The van der Waals surface area contributed by atoms with E-state index in [2.05, 4.69) is 0 Å². The minimum absolute atomic E-state index is 0.147. The van der Waals surface area contributed by atoms with Gasteiger partial charge in [0, 0.05) is 13.5 Å². The molecule has 1 atom stereocenters. The fourth-order valence-corrected chi connectivity index (χ4v) is 1.81. The van der Waals surface area contributed by atoms with Gasteiger partial charge in [0.25, 0.3) is 0 Å². The molecule has 0 spiro atoms. The van der Waals surface area contributed by atoms with Crippen LogP contribution in [-0.2, 0) is 4.79 Å². The van der Waals surface area contributed by atoms with E-state index in [1.54, 1.807) is 24.1 Å². The number of nitrogens with zero attached hydrogens (tertiary/aromatic N) is 1. The Morgan fingerprint density at radius 3 is 3.00 bits per heavy atom. The van der Waals surface area contributed by atoms with Crippen LogP contribution in [0.3, 0.4) is 0 Å². The van der Waals surface area contributed by atoms with Crippen molar-refractivity contribution < 1.29 is 14.3 Å². The second-order valence-corrected chi connectivity index (χ2v) is 3.45. The molecule has 0 saturated carbocycles. The summed E-state index contributed by atoms with van der Waals surface area (Å²) in [6.07, 6.45) is 4.88. The van der Waals surface area contributed by atoms with Crippen LogP contribution in [0.25, 0.3) is 0 Å². The number of hydrogen-bond acceptors (Lipinski definition) is 2. The maximum atomic E-state index is 12.9. The first-order valence-corrected chi connectivity index (χ1v) is 4.33. The van der Waals surface area contributed by atoms with E-state index in [0.29, 0.717) is 0 Å². The molecule has 1 unspecified atom stereocenters. The van der Waals surface area contributed by atoms with Crippen molar-refractivity contribution in [2.75, 3.05) is 7.05 Å². The van der Waals surface area contributed by atoms with Crippen molar-refractivity contribution in [3.8, 4) is 0 Å². The molecule has 3 nitrogen and oxygen atoms in total. The molecule has 0 saturated heterocycles. The first-order chi connectivity index (χ1) is 6.59. The van der Waals surface area contributed by atoms with E-state index in [9.17, 15) is 9.18 Å². The Morgan fingerprint density at radius 2 is 2.36 bits per heavy atom. The SMILES string of the molecule is CN1C(C(=O)O)=CC2=CC=C(F)CC21. The molecule has 74 valence electrons. The van der Waals surface area contributed by atoms with Crippen LogP contribution >= 0.6 is 0 Å². The molecule has 0 aromatic carbocycles. The molecule has 0 amide bonds. The fraction of sp³-hybridized carbons (Fsp3) is 0.300. The summed E-state index contributed by atoms with van der Waals surface area (Å²) in [5.74, 6) is -1.17. The third-order valence-electron chi connectivity index (χ3n) is 2.60. The number of halogens is 1. The van der Waals surface area contributed by atoms with Crippen LogP contribution in [0.15, 0.2) is 35.3 Å². The van der Waals surface area contributed by atoms with Gasteiger partial charge < -0.3 is 10.0 Å². The molecule has 0 fully saturated rings. The number of likely N-dealkylation sites (N-methyl/N-ethyl adjacent to an activating group) is 1. The summed E-state index contributed by atoms with van der Waals surface area (Å²) in [7, 11) is 1.67. The highest BCUT2D eigenvalue weighted by molar-refractivity contribution is 5.88. The molecule has 1 N–H and O–H groups in total. The van der Waals surface area contributed by atoms with Crippen molar-refractivity contribution in [3.05, 3.63) is 35.3 Å². The summed E-state index contributed by atoms with van der Waals surface area (Å²) in [6, 6.07) is -0.147. The van der Waals surface area contributed by atoms with Gasteiger partial charge in [-0.15, -0.1) is 0 Å². The lowest BCUT2D eigenvalue weighted by molar-refractivity contribution is -0.134. The predicted molar refractivity (Wildman–Crippen MR) is 49.2 cm³/mol. The zero-order chi connectivity index (χ0) is 10.3. The summed E-state index contributed by atoms with van der Waals surface area (Å²) < 4.78 is 12.9. The molecule has 0 bridgehead atoms. The lowest BCUT2D eigenvalue weighted by Crippen LogP contribution is -2.30. The van der Waals surface area contributed by atoms with Gasteiger partial charge in [-0.1, -0.05) is 6.08 Å². The molecule has 2 rings (SSSR count). The molecule has 1 aliphatic heterocycles. The highest BCUT2D eigenvalue weighted by Crippen LogP contribution is 2.32. The maximum absolute atomic E-state index is 12.9. The fourth-order valence-electron chi connectivity index (χ4n) is 1.81. The third kappa shape index (κ3) is 1.23. The van der Waals surface area contributed by atoms with Crippen molar-refractivity contribution >= 4 is 5.97 Å². The Hall–Kier alpha value is -1.58. The third-order valence-corrected chi connectivity index (χ3v) is 2.60. The first-order valence-electron chi connectivity index (χ1n) is 4.33. The van der Waals surface area contributed by atoms with E-state index in [1.807, 2.05) is 0 Å². The molecule has 0 radical (unpaired) electrons. The van der Waals surface area contributed by atoms with Crippen LogP contribution < -0.4 is 0 Å². The summed E-state index contributed by atoms with van der Waals surface area (Å²) >= 11 is 0. The molecular formula is C10H10FNO2. The van der Waals surface area contributed by atoms with Crippen LogP contribution in [0.2, 0.25) is 0 Å². The van der Waals surface area contributed by atoms with Crippen molar-refractivity contribution in [3.63, 3.8) is 0 Å². The highest BCUT2D eigenvalue weighted by Gasteiger charge is 2.32. The van der Waals surface area contributed by atoms with Crippen LogP contribution in [0, 0.1) is 0 Å². The van der Waals surface area contributed by atoms with Gasteiger partial charge >= 0.3 is 5.97 Å². The van der Waals surface area contributed by atoms with Gasteiger partial charge in [-0.2, -0.15) is 0 Å². The number of carbonyl (C=O) groups is 1. The van der Waals surface area contributed by atoms with Gasteiger partial charge in [-0.05, 0) is 17.7 Å². The van der Waals surface area contributed by atoms with Gasteiger partial charge in [0.2, 0.25) is 0 Å². The van der Waals surface area contributed by atoms with Gasteiger partial charge in [0.05, 0.1) is 6.04 Å². The number of carboxylic acid groups (broad SMARTS) is 1. The average molecular weight is 195 g/mol. The molecular weight excluding hydrogens is 185 g/mol. The van der Waals surface area contributed by atoms with E-state index in [-0.39, 0.29) is 24.0 Å². The molecule has 14 heavy (non-hydrogen) atoms. The number of carboxylic acids is 1. The van der Waals surface area contributed by atoms with E-state index in [4.69, 9.17) is 5.11 Å². The van der Waals surface area contributed by atoms with E-state index < -0.39 is 5.97 Å². The minimum Gasteiger partial charge on any atom is -0.477 e. The van der Waals surface area contributed by atoms with Gasteiger partial charge in [-0.3, -0.25) is 0 Å². The van der Waals surface area contributed by atoms with Gasteiger partial charge in [-0.25, -0.2) is 9.18 Å². The molecule has 1 aliphatic carbocycles. The second kappa shape index (κ2) is 2.97. The standard InChI is InChI=1S/C10H10FNO2/c1-12-8-5-7(11)3-2-6(8)4-9(12)10(13)14/h2-4,8H,5H2,1H3,(H,13,14). The summed E-state index contributed by atoms with van der Waals surface area (Å²) in [4.78, 5) is 12.4. The highest BCUT2D eigenvalue weighted by atomic mass is 19.1. The Kier molecular flexibility index (Phi) is 1.91. The van der Waals surface area contributed by atoms with Gasteiger partial charge in [0.15, 0.2) is 0 Å². The monoisotopic (exact) mass is 195 g/mol. The van der Waals surface area contributed by atoms with Crippen molar-refractivity contribution in [2.24, 2.45) is 0 Å². The summed E-state index contributed by atoms with van der Waals surface area (Å²) in [6.45, 7) is 0. The number of allylic oxidation sites excluding steroid dienone is 2. The quantitative estimate of drug-likeness (QED) is 0.688. The topological polar surface area (TPSA) is 40.5 Å². The first kappa shape index (κ1) is 8.99. The maximum Gasteiger partial charge on any atom is 0.352 e. The molecule has 0 aromatic heterocycles. The molecule has 4 heteroatoms. The zero-order valence-corrected chi connectivity index (χ0v) is 7.70. The number of hydrogen-bond donors (Lipinski definition) is 1. The van der Waals surface area contributed by atoms with Crippen molar-refractivity contribution in [1.82, 2.24) is 4.90 Å².